The van der Waals surface area contributed by atoms with Crippen molar-refractivity contribution in [3.63, 3.8) is 0 Å². The maximum Gasteiger partial charge on any atom is 0.232 e. The molecule has 0 saturated carbocycles. The minimum atomic E-state index is 0.455. The van der Waals surface area contributed by atoms with E-state index in [2.05, 4.69) is 9.97 Å². The molecule has 0 aliphatic rings. The molecule has 0 aliphatic carbocycles. The van der Waals surface area contributed by atoms with E-state index < -0.39 is 0 Å². The molecule has 0 fully saturated rings. The van der Waals surface area contributed by atoms with Gasteiger partial charge in [0.05, 0.1) is 34.4 Å². The zero-order valence-corrected chi connectivity index (χ0v) is 8.80. The second kappa shape index (κ2) is 3.59. The molecule has 72 valence electrons. The number of hydrogen-bond acceptors (Lipinski definition) is 3. The Morgan fingerprint density at radius 1 is 1.14 bits per heavy atom. The molecule has 0 bridgehead atoms. The van der Waals surface area contributed by atoms with Crippen LogP contribution in [0.15, 0.2) is 18.3 Å². The average Bonchev–Trinajstić information content (AvgIpc) is 2.19. The Kier molecular flexibility index (Phi) is 2.44. The van der Waals surface area contributed by atoms with E-state index in [-0.39, 0.29) is 0 Å². The lowest BCUT2D eigenvalue weighted by atomic mass is 10.3. The van der Waals surface area contributed by atoms with E-state index in [1.165, 1.54) is 13.3 Å². The monoisotopic (exact) mass is 228 g/mol. The highest BCUT2D eigenvalue weighted by atomic mass is 35.5. The van der Waals surface area contributed by atoms with Crippen LogP contribution in [0.3, 0.4) is 0 Å². The Morgan fingerprint density at radius 2 is 1.79 bits per heavy atom. The quantitative estimate of drug-likeness (QED) is 0.753. The lowest BCUT2D eigenvalue weighted by Gasteiger charge is -2.01. The van der Waals surface area contributed by atoms with Gasteiger partial charge in [0, 0.05) is 0 Å². The predicted molar refractivity (Wildman–Crippen MR) is 56.1 cm³/mol. The summed E-state index contributed by atoms with van der Waals surface area (Å²) in [6.07, 6.45) is 1.53. The van der Waals surface area contributed by atoms with E-state index in [4.69, 9.17) is 27.9 Å². The van der Waals surface area contributed by atoms with Crippen molar-refractivity contribution in [2.45, 2.75) is 0 Å². The van der Waals surface area contributed by atoms with Gasteiger partial charge in [-0.15, -0.1) is 0 Å². The summed E-state index contributed by atoms with van der Waals surface area (Å²) >= 11 is 11.7. The van der Waals surface area contributed by atoms with Gasteiger partial charge in [-0.05, 0) is 12.1 Å². The van der Waals surface area contributed by atoms with Gasteiger partial charge in [-0.25, -0.2) is 9.97 Å². The summed E-state index contributed by atoms with van der Waals surface area (Å²) < 4.78 is 4.94. The fourth-order valence-corrected chi connectivity index (χ4v) is 1.41. The number of methoxy groups -OCH3 is 1. The fourth-order valence-electron chi connectivity index (χ4n) is 1.09. The number of halogens is 2. The number of rotatable bonds is 1. The molecule has 1 aromatic heterocycles. The van der Waals surface area contributed by atoms with Crippen LogP contribution in [0.1, 0.15) is 0 Å². The van der Waals surface area contributed by atoms with Gasteiger partial charge in [0.2, 0.25) is 5.88 Å². The second-order valence-corrected chi connectivity index (χ2v) is 3.48. The number of hydrogen-bond donors (Lipinski definition) is 0. The first-order chi connectivity index (χ1) is 6.70. The van der Waals surface area contributed by atoms with Crippen LogP contribution in [-0.2, 0) is 0 Å². The summed E-state index contributed by atoms with van der Waals surface area (Å²) in [4.78, 5) is 8.29. The summed E-state index contributed by atoms with van der Waals surface area (Å²) in [5.74, 6) is 0.455. The van der Waals surface area contributed by atoms with Gasteiger partial charge >= 0.3 is 0 Å². The van der Waals surface area contributed by atoms with Crippen LogP contribution in [0.25, 0.3) is 11.0 Å². The van der Waals surface area contributed by atoms with Crippen LogP contribution in [0.4, 0.5) is 0 Å². The normalized spacial score (nSPS) is 10.5. The molecule has 1 heterocycles. The summed E-state index contributed by atoms with van der Waals surface area (Å²) in [6.45, 7) is 0. The number of nitrogens with zero attached hydrogens (tertiary/aromatic N) is 2. The highest BCUT2D eigenvalue weighted by Gasteiger charge is 2.04. The van der Waals surface area contributed by atoms with Gasteiger partial charge < -0.3 is 4.74 Å². The molecule has 0 atom stereocenters. The Morgan fingerprint density at radius 3 is 2.43 bits per heavy atom. The van der Waals surface area contributed by atoms with Crippen LogP contribution >= 0.6 is 23.2 Å². The van der Waals surface area contributed by atoms with E-state index in [0.717, 1.165) is 0 Å². The molecule has 0 saturated heterocycles. The van der Waals surface area contributed by atoms with Crippen LogP contribution in [-0.4, -0.2) is 17.1 Å². The van der Waals surface area contributed by atoms with E-state index in [1.54, 1.807) is 12.1 Å². The Hall–Kier alpha value is -1.06. The molecule has 3 nitrogen and oxygen atoms in total. The van der Waals surface area contributed by atoms with Crippen molar-refractivity contribution in [3.8, 4) is 5.88 Å². The molecule has 2 aromatic rings. The first kappa shape index (κ1) is 9.49. The zero-order chi connectivity index (χ0) is 10.1. The molecule has 1 aromatic carbocycles. The maximum absolute atomic E-state index is 5.84. The van der Waals surface area contributed by atoms with Crippen LogP contribution in [0.5, 0.6) is 5.88 Å². The van der Waals surface area contributed by atoms with Crippen molar-refractivity contribution in [3.05, 3.63) is 28.4 Å². The van der Waals surface area contributed by atoms with Crippen LogP contribution in [0.2, 0.25) is 10.0 Å². The lowest BCUT2D eigenvalue weighted by Crippen LogP contribution is -1.90. The van der Waals surface area contributed by atoms with Crippen LogP contribution in [0, 0.1) is 0 Å². The van der Waals surface area contributed by atoms with Gasteiger partial charge in [0.15, 0.2) is 0 Å². The summed E-state index contributed by atoms with van der Waals surface area (Å²) in [5, 5.41) is 0.931. The SMILES string of the molecule is COc1cnc2cc(Cl)c(Cl)cc2n1. The van der Waals surface area contributed by atoms with Gasteiger partial charge in [-0.1, -0.05) is 23.2 Å². The largest absolute Gasteiger partial charge is 0.480 e. The molecular weight excluding hydrogens is 223 g/mol. The highest BCUT2D eigenvalue weighted by Crippen LogP contribution is 2.26. The van der Waals surface area contributed by atoms with E-state index in [9.17, 15) is 0 Å². The van der Waals surface area contributed by atoms with E-state index >= 15 is 0 Å². The second-order valence-electron chi connectivity index (χ2n) is 2.67. The average molecular weight is 229 g/mol. The molecule has 0 amide bonds. The highest BCUT2D eigenvalue weighted by molar-refractivity contribution is 6.42. The van der Waals surface area contributed by atoms with Crippen molar-refractivity contribution in [2.24, 2.45) is 0 Å². The predicted octanol–water partition coefficient (Wildman–Crippen LogP) is 2.95. The van der Waals surface area contributed by atoms with Crippen molar-refractivity contribution in [1.82, 2.24) is 9.97 Å². The maximum atomic E-state index is 5.84. The molecule has 14 heavy (non-hydrogen) atoms. The molecule has 0 radical (unpaired) electrons. The Labute approximate surface area is 90.6 Å². The molecule has 0 aliphatic heterocycles. The Balaban J connectivity index is 2.70. The van der Waals surface area contributed by atoms with Crippen molar-refractivity contribution in [1.29, 1.82) is 0 Å². The van der Waals surface area contributed by atoms with Crippen molar-refractivity contribution >= 4 is 34.2 Å². The number of benzene rings is 1. The number of fused-ring (bicyclic) bond motifs is 1. The summed E-state index contributed by atoms with van der Waals surface area (Å²) in [6, 6.07) is 3.33. The standard InChI is InChI=1S/C9H6Cl2N2O/c1-14-9-4-12-7-2-5(10)6(11)3-8(7)13-9/h2-4H,1H3. The third-order valence-electron chi connectivity index (χ3n) is 1.77. The van der Waals surface area contributed by atoms with Gasteiger partial charge in [0.25, 0.3) is 0 Å². The van der Waals surface area contributed by atoms with Crippen molar-refractivity contribution in [2.75, 3.05) is 7.11 Å². The van der Waals surface area contributed by atoms with Crippen molar-refractivity contribution < 1.29 is 4.74 Å². The third kappa shape index (κ3) is 1.61. The molecule has 0 N–H and O–H groups in total. The summed E-state index contributed by atoms with van der Waals surface area (Å²) in [5.41, 5.74) is 1.36. The van der Waals surface area contributed by atoms with Gasteiger partial charge in [-0.2, -0.15) is 0 Å². The van der Waals surface area contributed by atoms with Gasteiger partial charge in [0.1, 0.15) is 0 Å². The topological polar surface area (TPSA) is 35.0 Å². The third-order valence-corrected chi connectivity index (χ3v) is 2.49. The first-order valence-corrected chi connectivity index (χ1v) is 4.62. The molecule has 0 spiro atoms. The zero-order valence-electron chi connectivity index (χ0n) is 7.29. The molecule has 2 rings (SSSR count). The number of ether oxygens (including phenoxy) is 1. The van der Waals surface area contributed by atoms with E-state index in [0.29, 0.717) is 27.0 Å². The Bertz CT molecular complexity index is 487. The molecule has 5 heteroatoms. The van der Waals surface area contributed by atoms with E-state index in [1.807, 2.05) is 0 Å². The fraction of sp³-hybridized carbons (Fsp3) is 0.111. The lowest BCUT2D eigenvalue weighted by molar-refractivity contribution is 0.397. The van der Waals surface area contributed by atoms with Crippen LogP contribution < -0.4 is 4.74 Å². The van der Waals surface area contributed by atoms with Gasteiger partial charge in [-0.3, -0.25) is 0 Å². The smallest absolute Gasteiger partial charge is 0.232 e. The minimum absolute atomic E-state index is 0.455. The summed E-state index contributed by atoms with van der Waals surface area (Å²) in [7, 11) is 1.54. The first-order valence-electron chi connectivity index (χ1n) is 3.86. The number of aromatic nitrogens is 2. The molecular formula is C9H6Cl2N2O. The molecule has 0 unspecified atom stereocenters. The minimum Gasteiger partial charge on any atom is -0.480 e.